The number of carboxylic acids is 1. The van der Waals surface area contributed by atoms with Gasteiger partial charge in [0.15, 0.2) is 4.21 Å². The molecule has 0 unspecified atom stereocenters. The van der Waals surface area contributed by atoms with Gasteiger partial charge in [0.2, 0.25) is 0 Å². The van der Waals surface area contributed by atoms with E-state index in [1.807, 2.05) is 0 Å². The van der Waals surface area contributed by atoms with Crippen LogP contribution in [0.5, 0.6) is 5.75 Å². The Balaban J connectivity index is 2.40. The number of carboxylic acid groups (broad SMARTS) is 1. The van der Waals surface area contributed by atoms with Crippen LogP contribution in [0.1, 0.15) is 12.8 Å². The molecule has 0 saturated carbocycles. The first-order chi connectivity index (χ1) is 8.48. The standard InChI is InChI=1S/C10H13NO5S2/c1-16-8-4-6-17-10(8)18(14,15)11-5-2-3-7(11)9(12)13/h4,6-7H,2-3,5H2,1H3,(H,12,13)/t7-/m0/s1. The zero-order chi connectivity index (χ0) is 13.3. The third kappa shape index (κ3) is 2.11. The fraction of sp³-hybridized carbons (Fsp3) is 0.500. The maximum absolute atomic E-state index is 12.4. The highest BCUT2D eigenvalue weighted by Crippen LogP contribution is 2.35. The van der Waals surface area contributed by atoms with Crippen molar-refractivity contribution >= 4 is 27.3 Å². The number of carbonyl (C=O) groups is 1. The molecule has 100 valence electrons. The lowest BCUT2D eigenvalue weighted by molar-refractivity contribution is -0.140. The van der Waals surface area contributed by atoms with E-state index in [0.717, 1.165) is 15.6 Å². The highest BCUT2D eigenvalue weighted by molar-refractivity contribution is 7.91. The van der Waals surface area contributed by atoms with E-state index in [1.165, 1.54) is 7.11 Å². The van der Waals surface area contributed by atoms with Gasteiger partial charge < -0.3 is 9.84 Å². The molecule has 8 heteroatoms. The number of nitrogens with zero attached hydrogens (tertiary/aromatic N) is 1. The zero-order valence-electron chi connectivity index (χ0n) is 9.70. The molecule has 0 radical (unpaired) electrons. The van der Waals surface area contributed by atoms with Crippen LogP contribution in [0.25, 0.3) is 0 Å². The van der Waals surface area contributed by atoms with Gasteiger partial charge in [-0.2, -0.15) is 4.31 Å². The molecule has 1 fully saturated rings. The van der Waals surface area contributed by atoms with Crippen LogP contribution in [0.15, 0.2) is 15.7 Å². The molecule has 1 aliphatic rings. The van der Waals surface area contributed by atoms with Crippen molar-refractivity contribution in [1.82, 2.24) is 4.31 Å². The fourth-order valence-corrected chi connectivity index (χ4v) is 5.05. The van der Waals surface area contributed by atoms with Crippen molar-refractivity contribution in [3.63, 3.8) is 0 Å². The molecule has 1 aromatic heterocycles. The largest absolute Gasteiger partial charge is 0.494 e. The van der Waals surface area contributed by atoms with Crippen LogP contribution in [0.3, 0.4) is 0 Å². The molecule has 1 N–H and O–H groups in total. The Labute approximate surface area is 109 Å². The molecular weight excluding hydrogens is 278 g/mol. The van der Waals surface area contributed by atoms with Gasteiger partial charge in [-0.25, -0.2) is 8.42 Å². The predicted molar refractivity (Wildman–Crippen MR) is 65.4 cm³/mol. The van der Waals surface area contributed by atoms with Crippen molar-refractivity contribution < 1.29 is 23.1 Å². The van der Waals surface area contributed by atoms with Crippen molar-refractivity contribution in [3.05, 3.63) is 11.4 Å². The second-order valence-electron chi connectivity index (χ2n) is 3.89. The second-order valence-corrected chi connectivity index (χ2v) is 6.89. The van der Waals surface area contributed by atoms with Gasteiger partial charge in [-0.15, -0.1) is 11.3 Å². The van der Waals surface area contributed by atoms with E-state index in [4.69, 9.17) is 9.84 Å². The van der Waals surface area contributed by atoms with Crippen LogP contribution in [-0.4, -0.2) is 43.5 Å². The molecule has 0 amide bonds. The second kappa shape index (κ2) is 4.87. The van der Waals surface area contributed by atoms with Gasteiger partial charge in [-0.05, 0) is 24.3 Å². The molecule has 1 aliphatic heterocycles. The van der Waals surface area contributed by atoms with Crippen molar-refractivity contribution in [2.75, 3.05) is 13.7 Å². The lowest BCUT2D eigenvalue weighted by Gasteiger charge is -2.20. The molecular formula is C10H13NO5S2. The molecule has 6 nitrogen and oxygen atoms in total. The number of hydrogen-bond donors (Lipinski definition) is 1. The van der Waals surface area contributed by atoms with Crippen LogP contribution in [0.2, 0.25) is 0 Å². The summed E-state index contributed by atoms with van der Waals surface area (Å²) in [5, 5.41) is 10.6. The summed E-state index contributed by atoms with van der Waals surface area (Å²) in [4.78, 5) is 11.0. The quantitative estimate of drug-likeness (QED) is 0.894. The highest BCUT2D eigenvalue weighted by Gasteiger charge is 2.41. The van der Waals surface area contributed by atoms with Crippen LogP contribution >= 0.6 is 11.3 Å². The number of aliphatic carboxylic acids is 1. The van der Waals surface area contributed by atoms with E-state index in [-0.39, 0.29) is 16.5 Å². The van der Waals surface area contributed by atoms with Gasteiger partial charge in [-0.1, -0.05) is 0 Å². The Morgan fingerprint density at radius 3 is 2.94 bits per heavy atom. The molecule has 0 aliphatic carbocycles. The Hall–Kier alpha value is -1.12. The summed E-state index contributed by atoms with van der Waals surface area (Å²) in [6, 6.07) is 0.588. The highest BCUT2D eigenvalue weighted by atomic mass is 32.2. The van der Waals surface area contributed by atoms with E-state index >= 15 is 0 Å². The van der Waals surface area contributed by atoms with Crippen LogP contribution in [0, 0.1) is 0 Å². The maximum atomic E-state index is 12.4. The Bertz CT molecular complexity index is 550. The summed E-state index contributed by atoms with van der Waals surface area (Å²) in [6.45, 7) is 0.236. The van der Waals surface area contributed by atoms with E-state index in [9.17, 15) is 13.2 Å². The minimum absolute atomic E-state index is 0.0677. The first-order valence-electron chi connectivity index (χ1n) is 5.34. The molecule has 18 heavy (non-hydrogen) atoms. The average molecular weight is 291 g/mol. The van der Waals surface area contributed by atoms with Crippen molar-refractivity contribution in [3.8, 4) is 5.75 Å². The van der Waals surface area contributed by atoms with Crippen molar-refractivity contribution in [2.45, 2.75) is 23.1 Å². The first-order valence-corrected chi connectivity index (χ1v) is 7.66. The molecule has 1 aromatic rings. The molecule has 1 saturated heterocycles. The van der Waals surface area contributed by atoms with Crippen LogP contribution < -0.4 is 4.74 Å². The zero-order valence-corrected chi connectivity index (χ0v) is 11.3. The summed E-state index contributed by atoms with van der Waals surface area (Å²) in [5.41, 5.74) is 0. The lowest BCUT2D eigenvalue weighted by atomic mass is 10.2. The molecule has 0 spiro atoms. The summed E-state index contributed by atoms with van der Waals surface area (Å²) in [7, 11) is -2.40. The molecule has 1 atom stereocenters. The third-order valence-electron chi connectivity index (χ3n) is 2.85. The molecule has 2 rings (SSSR count). The summed E-state index contributed by atoms with van der Waals surface area (Å²) < 4.78 is 30.9. The third-order valence-corrected chi connectivity index (χ3v) is 6.18. The van der Waals surface area contributed by atoms with Gasteiger partial charge in [-0.3, -0.25) is 4.79 Å². The van der Waals surface area contributed by atoms with Gasteiger partial charge in [0.25, 0.3) is 10.0 Å². The first kappa shape index (κ1) is 13.3. The Morgan fingerprint density at radius 1 is 1.61 bits per heavy atom. The fourth-order valence-electron chi connectivity index (χ4n) is 2.00. The summed E-state index contributed by atoms with van der Waals surface area (Å²) in [6.07, 6.45) is 0.909. The summed E-state index contributed by atoms with van der Waals surface area (Å²) in [5.74, 6) is -0.845. The Morgan fingerprint density at radius 2 is 2.33 bits per heavy atom. The smallest absolute Gasteiger partial charge is 0.322 e. The molecule has 2 heterocycles. The number of thiophene rings is 1. The monoisotopic (exact) mass is 291 g/mol. The maximum Gasteiger partial charge on any atom is 0.322 e. The van der Waals surface area contributed by atoms with Gasteiger partial charge >= 0.3 is 5.97 Å². The number of methoxy groups -OCH3 is 1. The molecule has 0 aromatic carbocycles. The van der Waals surface area contributed by atoms with Crippen molar-refractivity contribution in [1.29, 1.82) is 0 Å². The lowest BCUT2D eigenvalue weighted by Crippen LogP contribution is -2.40. The minimum atomic E-state index is -3.79. The van der Waals surface area contributed by atoms with E-state index in [0.29, 0.717) is 12.8 Å². The van der Waals surface area contributed by atoms with E-state index in [2.05, 4.69) is 0 Å². The SMILES string of the molecule is COc1ccsc1S(=O)(=O)N1CCC[C@H]1C(=O)O. The number of rotatable bonds is 4. The minimum Gasteiger partial charge on any atom is -0.494 e. The van der Waals surface area contributed by atoms with Crippen LogP contribution in [0.4, 0.5) is 0 Å². The number of ether oxygens (including phenoxy) is 1. The van der Waals surface area contributed by atoms with Crippen LogP contribution in [-0.2, 0) is 14.8 Å². The number of hydrogen-bond acceptors (Lipinski definition) is 5. The van der Waals surface area contributed by atoms with E-state index in [1.54, 1.807) is 11.4 Å². The van der Waals surface area contributed by atoms with Gasteiger partial charge in [0.05, 0.1) is 7.11 Å². The topological polar surface area (TPSA) is 83.9 Å². The molecule has 0 bridgehead atoms. The normalized spacial score (nSPS) is 21.1. The number of sulfonamides is 1. The van der Waals surface area contributed by atoms with Gasteiger partial charge in [0, 0.05) is 6.54 Å². The predicted octanol–water partition coefficient (Wildman–Crippen LogP) is 0.994. The van der Waals surface area contributed by atoms with E-state index < -0.39 is 22.0 Å². The van der Waals surface area contributed by atoms with Gasteiger partial charge in [0.1, 0.15) is 11.8 Å². The summed E-state index contributed by atoms with van der Waals surface area (Å²) >= 11 is 1.03. The van der Waals surface area contributed by atoms with Crippen molar-refractivity contribution in [2.24, 2.45) is 0 Å². The average Bonchev–Trinajstić information content (AvgIpc) is 2.98. The Kier molecular flexibility index (Phi) is 3.60.